The molecule has 0 bridgehead atoms. The number of nitrogens with zero attached hydrogens (tertiary/aromatic N) is 3. The molecule has 14 heavy (non-hydrogen) atoms. The number of hydrogen-bond acceptors (Lipinski definition) is 3. The van der Waals surface area contributed by atoms with Crippen LogP contribution in [0.4, 0.5) is 0 Å². The number of nitrogens with two attached hydrogens (primary N) is 1. The molecule has 0 aliphatic rings. The van der Waals surface area contributed by atoms with Crippen LogP contribution in [0.5, 0.6) is 0 Å². The van der Waals surface area contributed by atoms with Gasteiger partial charge in [0.1, 0.15) is 5.82 Å². The second-order valence-corrected chi connectivity index (χ2v) is 3.70. The Labute approximate surface area is 82.3 Å². The third kappa shape index (κ3) is 1.50. The van der Waals surface area contributed by atoms with Gasteiger partial charge in [0.25, 0.3) is 5.78 Å². The molecule has 0 saturated carbocycles. The number of fused-ring (bicyclic) bond motifs is 1. The fourth-order valence-electron chi connectivity index (χ4n) is 1.36. The number of aromatic nitrogens is 4. The minimum atomic E-state index is 0.398. The van der Waals surface area contributed by atoms with Gasteiger partial charge in [0, 0.05) is 12.3 Å². The molecule has 2 rings (SSSR count). The fraction of sp³-hybridized carbons (Fsp3) is 0.556. The molecule has 0 atom stereocenters. The third-order valence-corrected chi connectivity index (χ3v) is 2.14. The van der Waals surface area contributed by atoms with E-state index in [1.54, 1.807) is 0 Å². The van der Waals surface area contributed by atoms with E-state index in [0.29, 0.717) is 12.5 Å². The van der Waals surface area contributed by atoms with Gasteiger partial charge in [-0.2, -0.15) is 4.98 Å². The van der Waals surface area contributed by atoms with Crippen molar-refractivity contribution in [3.8, 4) is 0 Å². The first-order valence-electron chi connectivity index (χ1n) is 4.84. The summed E-state index contributed by atoms with van der Waals surface area (Å²) in [7, 11) is 0. The van der Waals surface area contributed by atoms with Crippen LogP contribution in [0.2, 0.25) is 0 Å². The van der Waals surface area contributed by atoms with Gasteiger partial charge in [-0.05, 0) is 6.54 Å². The van der Waals surface area contributed by atoms with Crippen molar-refractivity contribution >= 4 is 5.78 Å². The van der Waals surface area contributed by atoms with Gasteiger partial charge in [-0.15, -0.1) is 0 Å². The number of nitrogens with one attached hydrogen (secondary N) is 1. The van der Waals surface area contributed by atoms with Crippen LogP contribution in [0.25, 0.3) is 5.78 Å². The Morgan fingerprint density at radius 2 is 2.29 bits per heavy atom. The van der Waals surface area contributed by atoms with E-state index in [0.717, 1.165) is 23.7 Å². The summed E-state index contributed by atoms with van der Waals surface area (Å²) in [6.07, 6.45) is 2.75. The molecule has 0 aliphatic carbocycles. The summed E-state index contributed by atoms with van der Waals surface area (Å²) in [5, 5.41) is 3.18. The van der Waals surface area contributed by atoms with E-state index in [2.05, 4.69) is 28.9 Å². The molecule has 0 spiro atoms. The van der Waals surface area contributed by atoms with Crippen molar-refractivity contribution in [3.05, 3.63) is 17.7 Å². The molecular formula is C9H15N5. The zero-order chi connectivity index (χ0) is 10.1. The van der Waals surface area contributed by atoms with Crippen molar-refractivity contribution in [1.82, 2.24) is 19.6 Å². The molecule has 0 radical (unpaired) electrons. The summed E-state index contributed by atoms with van der Waals surface area (Å²) >= 11 is 0. The SMILES string of the molecule is CC(C)c1nc2nc(CCN)cn2[nH]1. The summed E-state index contributed by atoms with van der Waals surface area (Å²) in [6.45, 7) is 4.81. The Bertz CT molecular complexity index is 394. The van der Waals surface area contributed by atoms with Crippen LogP contribution in [0.15, 0.2) is 6.20 Å². The first-order valence-corrected chi connectivity index (χ1v) is 4.84. The lowest BCUT2D eigenvalue weighted by Crippen LogP contribution is -2.02. The summed E-state index contributed by atoms with van der Waals surface area (Å²) in [4.78, 5) is 8.72. The molecule has 0 amide bonds. The van der Waals surface area contributed by atoms with E-state index in [1.807, 2.05) is 10.7 Å². The highest BCUT2D eigenvalue weighted by Crippen LogP contribution is 2.10. The van der Waals surface area contributed by atoms with E-state index in [-0.39, 0.29) is 0 Å². The highest BCUT2D eigenvalue weighted by Gasteiger charge is 2.08. The molecule has 0 unspecified atom stereocenters. The molecule has 0 aromatic carbocycles. The number of H-pyrrole nitrogens is 1. The Morgan fingerprint density at radius 1 is 1.50 bits per heavy atom. The average Bonchev–Trinajstić information content (AvgIpc) is 2.61. The standard InChI is InChI=1S/C9H15N5/c1-6(2)8-12-9-11-7(3-4-10)5-14(9)13-8/h5-6H,3-4,10H2,1-2H3,(H,11,12,13). The maximum Gasteiger partial charge on any atom is 0.250 e. The number of rotatable bonds is 3. The van der Waals surface area contributed by atoms with Gasteiger partial charge < -0.3 is 5.73 Å². The molecular weight excluding hydrogens is 178 g/mol. The Hall–Kier alpha value is -1.36. The smallest absolute Gasteiger partial charge is 0.250 e. The van der Waals surface area contributed by atoms with Gasteiger partial charge >= 0.3 is 0 Å². The lowest BCUT2D eigenvalue weighted by molar-refractivity contribution is 0.763. The summed E-state index contributed by atoms with van der Waals surface area (Å²) < 4.78 is 1.85. The van der Waals surface area contributed by atoms with Crippen LogP contribution >= 0.6 is 0 Å². The molecule has 0 fully saturated rings. The molecule has 0 saturated heterocycles. The molecule has 76 valence electrons. The predicted molar refractivity (Wildman–Crippen MR) is 54.2 cm³/mol. The summed E-state index contributed by atoms with van der Waals surface area (Å²) in [6, 6.07) is 0. The zero-order valence-corrected chi connectivity index (χ0v) is 8.49. The molecule has 5 nitrogen and oxygen atoms in total. The van der Waals surface area contributed by atoms with Crippen molar-refractivity contribution in [2.24, 2.45) is 5.73 Å². The van der Waals surface area contributed by atoms with E-state index in [9.17, 15) is 0 Å². The van der Waals surface area contributed by atoms with Gasteiger partial charge in [-0.1, -0.05) is 13.8 Å². The Kier molecular flexibility index (Phi) is 2.25. The lowest BCUT2D eigenvalue weighted by atomic mass is 10.2. The Morgan fingerprint density at radius 3 is 2.86 bits per heavy atom. The quantitative estimate of drug-likeness (QED) is 0.753. The summed E-state index contributed by atoms with van der Waals surface area (Å²) in [5.41, 5.74) is 6.44. The highest BCUT2D eigenvalue weighted by molar-refractivity contribution is 5.30. The van der Waals surface area contributed by atoms with Gasteiger partial charge in [-0.3, -0.25) is 5.10 Å². The van der Waals surface area contributed by atoms with E-state index >= 15 is 0 Å². The highest BCUT2D eigenvalue weighted by atomic mass is 15.3. The van der Waals surface area contributed by atoms with Gasteiger partial charge in [-0.25, -0.2) is 9.50 Å². The summed E-state index contributed by atoms with van der Waals surface area (Å²) in [5.74, 6) is 2.10. The van der Waals surface area contributed by atoms with Gasteiger partial charge in [0.15, 0.2) is 0 Å². The second-order valence-electron chi connectivity index (χ2n) is 3.70. The lowest BCUT2D eigenvalue weighted by Gasteiger charge is -1.96. The number of hydrogen-bond donors (Lipinski definition) is 2. The van der Waals surface area contributed by atoms with E-state index in [4.69, 9.17) is 5.73 Å². The Balaban J connectivity index is 2.35. The van der Waals surface area contributed by atoms with Crippen LogP contribution in [0, 0.1) is 0 Å². The fourth-order valence-corrected chi connectivity index (χ4v) is 1.36. The molecule has 5 heteroatoms. The normalized spacial score (nSPS) is 11.7. The van der Waals surface area contributed by atoms with Crippen molar-refractivity contribution < 1.29 is 0 Å². The van der Waals surface area contributed by atoms with E-state index in [1.165, 1.54) is 0 Å². The molecule has 3 N–H and O–H groups in total. The van der Waals surface area contributed by atoms with Crippen LogP contribution < -0.4 is 5.73 Å². The monoisotopic (exact) mass is 193 g/mol. The van der Waals surface area contributed by atoms with Crippen molar-refractivity contribution in [2.45, 2.75) is 26.2 Å². The number of imidazole rings is 1. The maximum absolute atomic E-state index is 5.45. The minimum absolute atomic E-state index is 0.398. The molecule has 2 aromatic heterocycles. The minimum Gasteiger partial charge on any atom is -0.330 e. The molecule has 2 heterocycles. The third-order valence-electron chi connectivity index (χ3n) is 2.14. The van der Waals surface area contributed by atoms with Crippen LogP contribution in [-0.2, 0) is 6.42 Å². The predicted octanol–water partition coefficient (Wildman–Crippen LogP) is 0.682. The molecule has 2 aromatic rings. The maximum atomic E-state index is 5.45. The van der Waals surface area contributed by atoms with Crippen LogP contribution in [0.1, 0.15) is 31.3 Å². The topological polar surface area (TPSA) is 72.0 Å². The van der Waals surface area contributed by atoms with Crippen LogP contribution in [-0.4, -0.2) is 26.1 Å². The largest absolute Gasteiger partial charge is 0.330 e. The van der Waals surface area contributed by atoms with Crippen molar-refractivity contribution in [2.75, 3.05) is 6.54 Å². The zero-order valence-electron chi connectivity index (χ0n) is 8.49. The first kappa shape index (κ1) is 9.21. The average molecular weight is 193 g/mol. The molecule has 0 aliphatic heterocycles. The van der Waals surface area contributed by atoms with E-state index < -0.39 is 0 Å². The number of aromatic amines is 1. The van der Waals surface area contributed by atoms with Crippen LogP contribution in [0.3, 0.4) is 0 Å². The van der Waals surface area contributed by atoms with Crippen molar-refractivity contribution in [1.29, 1.82) is 0 Å². The first-order chi connectivity index (χ1) is 6.70. The van der Waals surface area contributed by atoms with Gasteiger partial charge in [0.05, 0.1) is 11.9 Å². The second kappa shape index (κ2) is 3.42. The van der Waals surface area contributed by atoms with Gasteiger partial charge in [0.2, 0.25) is 0 Å². The van der Waals surface area contributed by atoms with Crippen molar-refractivity contribution in [3.63, 3.8) is 0 Å².